The molecule has 1 rings (SSSR count). The zero-order valence-electron chi connectivity index (χ0n) is 7.07. The number of hydrogen-bond acceptors (Lipinski definition) is 6. The topological polar surface area (TPSA) is 84.8 Å². The first kappa shape index (κ1) is 19.4. The van der Waals surface area contributed by atoms with Crippen LogP contribution in [0.4, 0.5) is 0 Å². The molecule has 0 fully saturated rings. The van der Waals surface area contributed by atoms with Gasteiger partial charge in [0.05, 0.1) is 12.0 Å². The zero-order chi connectivity index (χ0) is 6.85. The Morgan fingerprint density at radius 1 is 0.833 bits per heavy atom. The fourth-order valence-corrected chi connectivity index (χ4v) is 0.477. The Morgan fingerprint density at radius 2 is 1.17 bits per heavy atom. The molecule has 0 radical (unpaired) electrons. The summed E-state index contributed by atoms with van der Waals surface area (Å²) in [5, 5.41) is 20.1. The predicted molar refractivity (Wildman–Crippen MR) is 24.4 cm³/mol. The predicted octanol–water partition coefficient (Wildman–Crippen LogP) is -11.1. The van der Waals surface area contributed by atoms with E-state index in [2.05, 4.69) is 27.6 Å². The Kier molecular flexibility index (Phi) is 15.2. The first-order chi connectivity index (χ1) is 4.18. The van der Waals surface area contributed by atoms with Gasteiger partial charge in [-0.2, -0.15) is 0 Å². The van der Waals surface area contributed by atoms with Crippen molar-refractivity contribution in [2.45, 2.75) is 5.16 Å². The van der Waals surface area contributed by atoms with Crippen LogP contribution in [0.1, 0.15) is 0 Å². The molecule has 5 nitrogen and oxygen atoms in total. The molecule has 0 aromatic carbocycles. The molecule has 1 heterocycles. The maximum atomic E-state index is 10.2. The minimum atomic E-state index is -0.875. The Balaban J connectivity index is -0.000000270. The molecule has 0 saturated carbocycles. The van der Waals surface area contributed by atoms with E-state index >= 15 is 0 Å². The summed E-state index contributed by atoms with van der Waals surface area (Å²) in [5.41, 5.74) is 0. The van der Waals surface area contributed by atoms with Gasteiger partial charge in [0.2, 0.25) is 0 Å². The second-order valence-electron chi connectivity index (χ2n) is 1.18. The SMILES string of the molecule is [Na+].[Na+].[Na+].[O-]c1nc([O-])nc([S-])n1. The van der Waals surface area contributed by atoms with E-state index in [0.29, 0.717) is 0 Å². The summed E-state index contributed by atoms with van der Waals surface area (Å²) < 4.78 is 0. The van der Waals surface area contributed by atoms with Gasteiger partial charge in [0.15, 0.2) is 0 Å². The van der Waals surface area contributed by atoms with E-state index in [4.69, 9.17) is 0 Å². The average molecular weight is 211 g/mol. The van der Waals surface area contributed by atoms with Gasteiger partial charge in [0, 0.05) is 5.16 Å². The monoisotopic (exact) mass is 211 g/mol. The molecule has 0 amide bonds. The van der Waals surface area contributed by atoms with Crippen LogP contribution in [-0.4, -0.2) is 15.0 Å². The van der Waals surface area contributed by atoms with Crippen molar-refractivity contribution in [3.05, 3.63) is 0 Å². The Labute approximate surface area is 141 Å². The maximum Gasteiger partial charge on any atom is 1.00 e. The molecule has 0 aliphatic carbocycles. The molecule has 0 spiro atoms. The summed E-state index contributed by atoms with van der Waals surface area (Å²) in [6.45, 7) is 0. The average Bonchev–Trinajstić information content (AvgIpc) is 1.59. The molecule has 0 saturated heterocycles. The number of hydrogen-bond donors (Lipinski definition) is 0. The summed E-state index contributed by atoms with van der Waals surface area (Å²) in [5.74, 6) is 0. The summed E-state index contributed by atoms with van der Waals surface area (Å²) >= 11 is 4.32. The van der Waals surface area contributed by atoms with Crippen LogP contribution in [0.5, 0.6) is 12.0 Å². The molecule has 1 aromatic heterocycles. The first-order valence-corrected chi connectivity index (χ1v) is 2.36. The molecule has 0 aliphatic heterocycles. The number of nitrogens with zero attached hydrogens (tertiary/aromatic N) is 3. The largest absolute Gasteiger partial charge is 1.00 e. The molecular weight excluding hydrogens is 211 g/mol. The molecule has 0 atom stereocenters. The van der Waals surface area contributed by atoms with Crippen LogP contribution < -0.4 is 98.9 Å². The minimum Gasteiger partial charge on any atom is -0.844 e. The van der Waals surface area contributed by atoms with Crippen molar-refractivity contribution in [1.29, 1.82) is 0 Å². The van der Waals surface area contributed by atoms with Crippen LogP contribution >= 0.6 is 0 Å². The Hall–Kier alpha value is 1.83. The van der Waals surface area contributed by atoms with Gasteiger partial charge in [-0.25, -0.2) is 4.98 Å². The third kappa shape index (κ3) is 7.25. The molecule has 48 valence electrons. The molecule has 0 N–H and O–H groups in total. The van der Waals surface area contributed by atoms with Crippen molar-refractivity contribution in [1.82, 2.24) is 15.0 Å². The molecule has 12 heavy (non-hydrogen) atoms. The van der Waals surface area contributed by atoms with Crippen LogP contribution in [0, 0.1) is 0 Å². The molecule has 0 aliphatic rings. The number of rotatable bonds is 0. The summed E-state index contributed by atoms with van der Waals surface area (Å²) in [7, 11) is 0. The van der Waals surface area contributed by atoms with Crippen LogP contribution in [-0.2, 0) is 12.6 Å². The van der Waals surface area contributed by atoms with Crippen molar-refractivity contribution in [3.8, 4) is 12.0 Å². The van der Waals surface area contributed by atoms with E-state index in [1.165, 1.54) is 0 Å². The molecule has 0 unspecified atom stereocenters. The van der Waals surface area contributed by atoms with E-state index in [1.807, 2.05) is 0 Å². The summed E-state index contributed by atoms with van der Waals surface area (Å²) in [6, 6.07) is -1.75. The van der Waals surface area contributed by atoms with Gasteiger partial charge in [-0.15, -0.1) is 0 Å². The van der Waals surface area contributed by atoms with Crippen molar-refractivity contribution < 1.29 is 98.9 Å². The van der Waals surface area contributed by atoms with E-state index in [1.54, 1.807) is 0 Å². The fraction of sp³-hybridized carbons (Fsp3) is 0. The second kappa shape index (κ2) is 9.39. The van der Waals surface area contributed by atoms with Crippen molar-refractivity contribution >= 4 is 12.6 Å². The Bertz CT molecular complexity index is 188. The third-order valence-electron chi connectivity index (χ3n) is 0.574. The molecular formula is C3N3Na3O2S. The van der Waals surface area contributed by atoms with Crippen LogP contribution in [0.2, 0.25) is 0 Å². The van der Waals surface area contributed by atoms with Gasteiger partial charge >= 0.3 is 88.7 Å². The Morgan fingerprint density at radius 3 is 1.42 bits per heavy atom. The number of aromatic nitrogens is 3. The molecule has 9 heteroatoms. The van der Waals surface area contributed by atoms with Crippen LogP contribution in [0.15, 0.2) is 5.16 Å². The van der Waals surface area contributed by atoms with E-state index in [9.17, 15) is 10.2 Å². The van der Waals surface area contributed by atoms with E-state index < -0.39 is 12.0 Å². The minimum absolute atomic E-state index is 0. The van der Waals surface area contributed by atoms with Gasteiger partial charge in [-0.05, 0) is 0 Å². The van der Waals surface area contributed by atoms with Crippen LogP contribution in [0.3, 0.4) is 0 Å². The van der Waals surface area contributed by atoms with Gasteiger partial charge in [0.25, 0.3) is 0 Å². The van der Waals surface area contributed by atoms with E-state index in [0.717, 1.165) is 0 Å². The summed E-state index contributed by atoms with van der Waals surface area (Å²) in [6.07, 6.45) is 0. The smallest absolute Gasteiger partial charge is 0.844 e. The van der Waals surface area contributed by atoms with Crippen molar-refractivity contribution in [2.75, 3.05) is 0 Å². The van der Waals surface area contributed by atoms with Crippen molar-refractivity contribution in [3.63, 3.8) is 0 Å². The van der Waals surface area contributed by atoms with Crippen LogP contribution in [0.25, 0.3) is 0 Å². The van der Waals surface area contributed by atoms with Gasteiger partial charge in [0.1, 0.15) is 0 Å². The molecule has 0 bridgehead atoms. The van der Waals surface area contributed by atoms with E-state index in [-0.39, 0.29) is 93.8 Å². The maximum absolute atomic E-state index is 10.2. The van der Waals surface area contributed by atoms with Gasteiger partial charge in [-0.3, -0.25) is 9.97 Å². The van der Waals surface area contributed by atoms with Crippen molar-refractivity contribution in [2.24, 2.45) is 0 Å². The zero-order valence-corrected chi connectivity index (χ0v) is 13.9. The quantitative estimate of drug-likeness (QED) is 0.313. The fourth-order valence-electron chi connectivity index (χ4n) is 0.320. The first-order valence-electron chi connectivity index (χ1n) is 1.95. The molecule has 1 aromatic rings. The standard InChI is InChI=1S/C3H3N3O2S.3Na/c7-1-4-2(8)6-3(9)5-1;;;/h(H3,4,5,6,7,8,9);;;/q;3*+1/p-3. The van der Waals surface area contributed by atoms with Gasteiger partial charge in [-0.1, -0.05) is 0 Å². The summed E-state index contributed by atoms with van der Waals surface area (Å²) in [4.78, 5) is 8.98. The normalized spacial score (nSPS) is 7.00. The third-order valence-corrected chi connectivity index (χ3v) is 0.756. The second-order valence-corrected chi connectivity index (χ2v) is 1.55. The van der Waals surface area contributed by atoms with Gasteiger partial charge < -0.3 is 22.8 Å².